The predicted molar refractivity (Wildman–Crippen MR) is 115 cm³/mol. The molecule has 0 bridgehead atoms. The Hall–Kier alpha value is -2.91. The lowest BCUT2D eigenvalue weighted by molar-refractivity contribution is -0.141. The number of nitrogens with zero attached hydrogens (tertiary/aromatic N) is 6. The molecule has 5 rings (SSSR count). The summed E-state index contributed by atoms with van der Waals surface area (Å²) in [6.45, 7) is 4.20. The van der Waals surface area contributed by atoms with Crippen molar-refractivity contribution < 1.29 is 9.53 Å². The fourth-order valence-corrected chi connectivity index (χ4v) is 4.65. The number of aryl methyl sites for hydroxylation is 1. The number of carbonyl (C=O) groups is 1. The van der Waals surface area contributed by atoms with Gasteiger partial charge >= 0.3 is 0 Å². The Balaban J connectivity index is 1.26. The number of aromatic nitrogens is 4. The summed E-state index contributed by atoms with van der Waals surface area (Å²) in [5, 5.41) is 9.52. The summed E-state index contributed by atoms with van der Waals surface area (Å²) >= 11 is 1.33. The van der Waals surface area contributed by atoms with Gasteiger partial charge in [0.2, 0.25) is 0 Å². The largest absolute Gasteiger partial charge is 0.363 e. The SMILES string of the molecule is Cc1nsc(-c2ccc(N3CCC4(CC3)CN(c3ccccc3)C(=O)CO4)nn2)n1. The molecule has 1 aromatic carbocycles. The Morgan fingerprint density at radius 3 is 2.53 bits per heavy atom. The van der Waals surface area contributed by atoms with E-state index in [4.69, 9.17) is 4.74 Å². The number of benzene rings is 1. The fourth-order valence-electron chi connectivity index (χ4n) is 4.01. The van der Waals surface area contributed by atoms with Crippen LogP contribution in [0.2, 0.25) is 0 Å². The Kier molecular flexibility index (Phi) is 4.92. The van der Waals surface area contributed by atoms with Gasteiger partial charge in [-0.15, -0.1) is 10.2 Å². The van der Waals surface area contributed by atoms with E-state index in [1.165, 1.54) is 11.5 Å². The van der Waals surface area contributed by atoms with Crippen LogP contribution in [-0.2, 0) is 9.53 Å². The normalized spacial score (nSPS) is 18.8. The molecule has 0 radical (unpaired) electrons. The van der Waals surface area contributed by atoms with Gasteiger partial charge in [-0.3, -0.25) is 4.79 Å². The zero-order valence-corrected chi connectivity index (χ0v) is 17.5. The zero-order chi connectivity index (χ0) is 20.6. The molecule has 4 heterocycles. The van der Waals surface area contributed by atoms with Crippen molar-refractivity contribution in [3.63, 3.8) is 0 Å². The molecule has 0 atom stereocenters. The van der Waals surface area contributed by atoms with Crippen molar-refractivity contribution in [2.45, 2.75) is 25.4 Å². The van der Waals surface area contributed by atoms with Gasteiger partial charge < -0.3 is 14.5 Å². The number of ether oxygens (including phenoxy) is 1. The zero-order valence-electron chi connectivity index (χ0n) is 16.7. The van der Waals surface area contributed by atoms with Crippen LogP contribution in [0.15, 0.2) is 42.5 Å². The second kappa shape index (κ2) is 7.73. The lowest BCUT2D eigenvalue weighted by Gasteiger charge is -2.47. The van der Waals surface area contributed by atoms with Gasteiger partial charge in [0.25, 0.3) is 5.91 Å². The molecule has 2 aliphatic heterocycles. The summed E-state index contributed by atoms with van der Waals surface area (Å²) in [4.78, 5) is 20.9. The molecular formula is C21H22N6O2S. The molecule has 154 valence electrons. The summed E-state index contributed by atoms with van der Waals surface area (Å²) in [5.74, 6) is 1.61. The maximum atomic E-state index is 12.4. The van der Waals surface area contributed by atoms with Gasteiger partial charge in [0.15, 0.2) is 10.8 Å². The van der Waals surface area contributed by atoms with Crippen molar-refractivity contribution >= 4 is 28.9 Å². The fraction of sp³-hybridized carbons (Fsp3) is 0.381. The number of amides is 1. The van der Waals surface area contributed by atoms with E-state index in [-0.39, 0.29) is 18.1 Å². The number of piperidine rings is 1. The Morgan fingerprint density at radius 1 is 1.07 bits per heavy atom. The van der Waals surface area contributed by atoms with Crippen molar-refractivity contribution in [1.82, 2.24) is 19.6 Å². The standard InChI is InChI=1S/C21H22N6O2S/c1-15-22-20(30-25-15)17-7-8-18(24-23-17)26-11-9-21(10-12-26)14-27(19(28)13-29-21)16-5-3-2-4-6-16/h2-8H,9-14H2,1H3. The summed E-state index contributed by atoms with van der Waals surface area (Å²) in [6, 6.07) is 13.8. The Bertz CT molecular complexity index is 1030. The Morgan fingerprint density at radius 2 is 1.87 bits per heavy atom. The molecule has 1 amide bonds. The maximum absolute atomic E-state index is 12.4. The van der Waals surface area contributed by atoms with Gasteiger partial charge in [-0.05, 0) is 55.6 Å². The summed E-state index contributed by atoms with van der Waals surface area (Å²) in [7, 11) is 0. The van der Waals surface area contributed by atoms with Crippen molar-refractivity contribution in [3.8, 4) is 10.7 Å². The van der Waals surface area contributed by atoms with E-state index in [0.29, 0.717) is 6.54 Å². The van der Waals surface area contributed by atoms with Gasteiger partial charge in [-0.1, -0.05) is 18.2 Å². The van der Waals surface area contributed by atoms with Crippen molar-refractivity contribution in [1.29, 1.82) is 0 Å². The summed E-state index contributed by atoms with van der Waals surface area (Å²) in [6.07, 6.45) is 1.67. The van der Waals surface area contributed by atoms with Crippen LogP contribution in [0, 0.1) is 6.92 Å². The van der Waals surface area contributed by atoms with E-state index >= 15 is 0 Å². The van der Waals surface area contributed by atoms with Crippen molar-refractivity contribution in [2.75, 3.05) is 36.0 Å². The van der Waals surface area contributed by atoms with Gasteiger partial charge in [-0.25, -0.2) is 4.98 Å². The summed E-state index contributed by atoms with van der Waals surface area (Å²) < 4.78 is 10.3. The number of hydrogen-bond acceptors (Lipinski definition) is 8. The molecule has 2 fully saturated rings. The number of anilines is 2. The Labute approximate surface area is 178 Å². The third-order valence-corrected chi connectivity index (χ3v) is 6.54. The van der Waals surface area contributed by atoms with Crippen LogP contribution in [-0.4, -0.2) is 57.3 Å². The van der Waals surface area contributed by atoms with E-state index in [0.717, 1.165) is 54.0 Å². The van der Waals surface area contributed by atoms with Crippen LogP contribution in [0.4, 0.5) is 11.5 Å². The monoisotopic (exact) mass is 422 g/mol. The topological polar surface area (TPSA) is 84.3 Å². The van der Waals surface area contributed by atoms with E-state index in [1.807, 2.05) is 54.3 Å². The highest BCUT2D eigenvalue weighted by molar-refractivity contribution is 7.09. The molecule has 2 saturated heterocycles. The molecular weight excluding hydrogens is 400 g/mol. The first-order valence-corrected chi connectivity index (χ1v) is 10.8. The number of hydrogen-bond donors (Lipinski definition) is 0. The number of rotatable bonds is 3. The second-order valence-electron chi connectivity index (χ2n) is 7.70. The maximum Gasteiger partial charge on any atom is 0.253 e. The molecule has 3 aromatic rings. The highest BCUT2D eigenvalue weighted by Gasteiger charge is 2.43. The minimum Gasteiger partial charge on any atom is -0.363 e. The average Bonchev–Trinajstić information content (AvgIpc) is 3.23. The van der Waals surface area contributed by atoms with Crippen molar-refractivity contribution in [2.24, 2.45) is 0 Å². The smallest absolute Gasteiger partial charge is 0.253 e. The number of morpholine rings is 1. The third-order valence-electron chi connectivity index (χ3n) is 5.71. The summed E-state index contributed by atoms with van der Waals surface area (Å²) in [5.41, 5.74) is 1.36. The third kappa shape index (κ3) is 3.66. The van der Waals surface area contributed by atoms with E-state index < -0.39 is 0 Å². The molecule has 30 heavy (non-hydrogen) atoms. The molecule has 0 N–H and O–H groups in total. The molecule has 9 heteroatoms. The van der Waals surface area contributed by atoms with E-state index in [1.54, 1.807) is 0 Å². The first-order valence-electron chi connectivity index (χ1n) is 10.0. The molecule has 1 spiro atoms. The highest BCUT2D eigenvalue weighted by atomic mass is 32.1. The quantitative estimate of drug-likeness (QED) is 0.642. The highest BCUT2D eigenvalue weighted by Crippen LogP contribution is 2.34. The lowest BCUT2D eigenvalue weighted by Crippen LogP contribution is -2.59. The van der Waals surface area contributed by atoms with Gasteiger partial charge in [-0.2, -0.15) is 4.37 Å². The molecule has 8 nitrogen and oxygen atoms in total. The average molecular weight is 423 g/mol. The van der Waals surface area contributed by atoms with Crippen LogP contribution in [0.5, 0.6) is 0 Å². The lowest BCUT2D eigenvalue weighted by atomic mass is 9.89. The van der Waals surface area contributed by atoms with Crippen LogP contribution in [0.1, 0.15) is 18.7 Å². The minimum atomic E-state index is -0.308. The molecule has 2 aromatic heterocycles. The predicted octanol–water partition coefficient (Wildman–Crippen LogP) is 2.71. The first kappa shape index (κ1) is 19.1. The molecule has 2 aliphatic rings. The van der Waals surface area contributed by atoms with Crippen molar-refractivity contribution in [3.05, 3.63) is 48.3 Å². The van der Waals surface area contributed by atoms with Gasteiger partial charge in [0.05, 0.1) is 12.1 Å². The van der Waals surface area contributed by atoms with Gasteiger partial charge in [0.1, 0.15) is 18.1 Å². The van der Waals surface area contributed by atoms with Crippen LogP contribution >= 0.6 is 11.5 Å². The van der Waals surface area contributed by atoms with Crippen LogP contribution in [0.3, 0.4) is 0 Å². The molecule has 0 unspecified atom stereocenters. The van der Waals surface area contributed by atoms with Crippen LogP contribution in [0.25, 0.3) is 10.7 Å². The van der Waals surface area contributed by atoms with E-state index in [9.17, 15) is 4.79 Å². The van der Waals surface area contributed by atoms with Crippen LogP contribution < -0.4 is 9.80 Å². The van der Waals surface area contributed by atoms with E-state index in [2.05, 4.69) is 24.5 Å². The number of carbonyl (C=O) groups excluding carboxylic acids is 1. The molecule has 0 saturated carbocycles. The second-order valence-corrected chi connectivity index (χ2v) is 8.45. The van der Waals surface area contributed by atoms with Gasteiger partial charge in [0, 0.05) is 18.8 Å². The first-order chi connectivity index (χ1) is 14.6. The minimum absolute atomic E-state index is 0.0163. The molecule has 0 aliphatic carbocycles. The number of para-hydroxylation sites is 1.